The third-order valence-electron chi connectivity index (χ3n) is 4.03. The van der Waals surface area contributed by atoms with Crippen molar-refractivity contribution < 1.29 is 0 Å². The van der Waals surface area contributed by atoms with Crippen LogP contribution < -0.4 is 0 Å². The second-order valence-corrected chi connectivity index (χ2v) is 5.79. The van der Waals surface area contributed by atoms with Crippen molar-refractivity contribution in [3.05, 3.63) is 28.8 Å². The zero-order valence-electron chi connectivity index (χ0n) is 12.4. The molecule has 1 N–H and O–H groups in total. The summed E-state index contributed by atoms with van der Waals surface area (Å²) in [4.78, 5) is 2.48. The SMILES string of the molecule is CCn1nnc(C)c1CN1Cc2cn[nH]c2C[C@H](C)C1. The number of fused-ring (bicyclic) bond motifs is 1. The van der Waals surface area contributed by atoms with Crippen LogP contribution in [0, 0.1) is 12.8 Å². The molecule has 0 saturated carbocycles. The predicted molar refractivity (Wildman–Crippen MR) is 76.0 cm³/mol. The highest BCUT2D eigenvalue weighted by atomic mass is 15.4. The van der Waals surface area contributed by atoms with Crippen molar-refractivity contribution in [3.63, 3.8) is 0 Å². The minimum atomic E-state index is 0.628. The minimum absolute atomic E-state index is 0.628. The molecule has 1 atom stereocenters. The molecule has 2 aromatic rings. The lowest BCUT2D eigenvalue weighted by Gasteiger charge is -2.22. The van der Waals surface area contributed by atoms with Crippen LogP contribution in [-0.2, 0) is 26.1 Å². The van der Waals surface area contributed by atoms with E-state index in [1.807, 2.05) is 17.8 Å². The highest BCUT2D eigenvalue weighted by molar-refractivity contribution is 5.19. The van der Waals surface area contributed by atoms with Crippen LogP contribution in [0.1, 0.15) is 36.5 Å². The number of nitrogens with one attached hydrogen (secondary N) is 1. The van der Waals surface area contributed by atoms with Crippen LogP contribution in [0.5, 0.6) is 0 Å². The molecule has 0 amide bonds. The number of hydrogen-bond donors (Lipinski definition) is 1. The second kappa shape index (κ2) is 5.36. The number of aromatic nitrogens is 5. The Labute approximate surface area is 119 Å². The van der Waals surface area contributed by atoms with E-state index in [-0.39, 0.29) is 0 Å². The van der Waals surface area contributed by atoms with Crippen molar-refractivity contribution in [2.45, 2.75) is 46.8 Å². The molecule has 0 bridgehead atoms. The summed E-state index contributed by atoms with van der Waals surface area (Å²) < 4.78 is 2.00. The van der Waals surface area contributed by atoms with Crippen molar-refractivity contribution in [2.24, 2.45) is 5.92 Å². The largest absolute Gasteiger partial charge is 0.293 e. The van der Waals surface area contributed by atoms with Gasteiger partial charge in [-0.15, -0.1) is 5.10 Å². The number of nitrogens with zero attached hydrogens (tertiary/aromatic N) is 5. The normalized spacial score (nSPS) is 19.9. The maximum atomic E-state index is 4.20. The van der Waals surface area contributed by atoms with Gasteiger partial charge in [-0.25, -0.2) is 4.68 Å². The van der Waals surface area contributed by atoms with Gasteiger partial charge in [0.1, 0.15) is 0 Å². The van der Waals surface area contributed by atoms with Crippen molar-refractivity contribution in [1.82, 2.24) is 30.1 Å². The van der Waals surface area contributed by atoms with Gasteiger partial charge in [-0.1, -0.05) is 12.1 Å². The van der Waals surface area contributed by atoms with Crippen LogP contribution in [0.4, 0.5) is 0 Å². The van der Waals surface area contributed by atoms with Gasteiger partial charge in [-0.2, -0.15) is 5.10 Å². The van der Waals surface area contributed by atoms with Gasteiger partial charge in [0.2, 0.25) is 0 Å². The number of aromatic amines is 1. The second-order valence-electron chi connectivity index (χ2n) is 5.79. The predicted octanol–water partition coefficient (Wildman–Crippen LogP) is 1.52. The molecule has 2 aromatic heterocycles. The van der Waals surface area contributed by atoms with Gasteiger partial charge in [-0.3, -0.25) is 10.00 Å². The maximum absolute atomic E-state index is 4.20. The molecule has 0 spiro atoms. The Morgan fingerprint density at radius 1 is 1.45 bits per heavy atom. The lowest BCUT2D eigenvalue weighted by atomic mass is 10.1. The Bertz CT molecular complexity index is 584. The Morgan fingerprint density at radius 3 is 3.10 bits per heavy atom. The summed E-state index contributed by atoms with van der Waals surface area (Å²) in [5.74, 6) is 0.628. The topological polar surface area (TPSA) is 62.6 Å². The molecule has 0 saturated heterocycles. The Kier molecular flexibility index (Phi) is 3.56. The van der Waals surface area contributed by atoms with Crippen LogP contribution in [-0.4, -0.2) is 36.6 Å². The van der Waals surface area contributed by atoms with E-state index in [1.165, 1.54) is 17.0 Å². The van der Waals surface area contributed by atoms with E-state index in [2.05, 4.69) is 39.3 Å². The smallest absolute Gasteiger partial charge is 0.0841 e. The minimum Gasteiger partial charge on any atom is -0.293 e. The highest BCUT2D eigenvalue weighted by Gasteiger charge is 2.22. The van der Waals surface area contributed by atoms with Gasteiger partial charge in [0, 0.05) is 37.4 Å². The Hall–Kier alpha value is -1.69. The van der Waals surface area contributed by atoms with Crippen LogP contribution in [0.15, 0.2) is 6.20 Å². The molecular formula is C14H22N6. The summed E-state index contributed by atoms with van der Waals surface area (Å²) >= 11 is 0. The molecule has 3 rings (SSSR count). The van der Waals surface area contributed by atoms with Gasteiger partial charge in [-0.05, 0) is 26.2 Å². The van der Waals surface area contributed by atoms with E-state index >= 15 is 0 Å². The summed E-state index contributed by atoms with van der Waals surface area (Å²) in [6, 6.07) is 0. The highest BCUT2D eigenvalue weighted by Crippen LogP contribution is 2.21. The zero-order chi connectivity index (χ0) is 14.1. The monoisotopic (exact) mass is 274 g/mol. The fraction of sp³-hybridized carbons (Fsp3) is 0.643. The third-order valence-corrected chi connectivity index (χ3v) is 4.03. The first kappa shape index (κ1) is 13.3. The Balaban J connectivity index is 1.82. The molecule has 0 aromatic carbocycles. The molecule has 0 unspecified atom stereocenters. The van der Waals surface area contributed by atoms with Gasteiger partial charge < -0.3 is 0 Å². The summed E-state index contributed by atoms with van der Waals surface area (Å²) in [5.41, 5.74) is 4.88. The summed E-state index contributed by atoms with van der Waals surface area (Å²) in [6.45, 7) is 10.3. The zero-order valence-corrected chi connectivity index (χ0v) is 12.4. The van der Waals surface area contributed by atoms with E-state index < -0.39 is 0 Å². The van der Waals surface area contributed by atoms with Crippen molar-refractivity contribution in [3.8, 4) is 0 Å². The standard InChI is InChI=1S/C14H22N6/c1-4-20-14(11(3)16-18-20)9-19-7-10(2)5-13-12(8-19)6-15-17-13/h6,10H,4-5,7-9H2,1-3H3,(H,15,17)/t10-/m0/s1. The van der Waals surface area contributed by atoms with Crippen LogP contribution in [0.25, 0.3) is 0 Å². The fourth-order valence-corrected chi connectivity index (χ4v) is 3.01. The molecule has 6 nitrogen and oxygen atoms in total. The molecule has 20 heavy (non-hydrogen) atoms. The van der Waals surface area contributed by atoms with Gasteiger partial charge in [0.15, 0.2) is 0 Å². The summed E-state index contributed by atoms with van der Waals surface area (Å²) in [5, 5.41) is 15.7. The molecule has 1 aliphatic rings. The van der Waals surface area contributed by atoms with Crippen LogP contribution in [0.3, 0.4) is 0 Å². The first-order chi connectivity index (χ1) is 9.67. The van der Waals surface area contributed by atoms with Gasteiger partial charge >= 0.3 is 0 Å². The average molecular weight is 274 g/mol. The molecule has 1 aliphatic heterocycles. The first-order valence-corrected chi connectivity index (χ1v) is 7.29. The van der Waals surface area contributed by atoms with Crippen molar-refractivity contribution in [2.75, 3.05) is 6.54 Å². The van der Waals surface area contributed by atoms with Gasteiger partial charge in [0.05, 0.1) is 17.6 Å². The number of H-pyrrole nitrogens is 1. The van der Waals surface area contributed by atoms with Crippen molar-refractivity contribution >= 4 is 0 Å². The molecule has 0 aliphatic carbocycles. The summed E-state index contributed by atoms with van der Waals surface area (Å²) in [6.07, 6.45) is 3.04. The van der Waals surface area contributed by atoms with Crippen LogP contribution in [0.2, 0.25) is 0 Å². The average Bonchev–Trinajstić information content (AvgIpc) is 2.94. The van der Waals surface area contributed by atoms with E-state index in [0.717, 1.165) is 38.3 Å². The number of hydrogen-bond acceptors (Lipinski definition) is 4. The first-order valence-electron chi connectivity index (χ1n) is 7.29. The third kappa shape index (κ3) is 2.47. The number of rotatable bonds is 3. The molecule has 3 heterocycles. The lowest BCUT2D eigenvalue weighted by molar-refractivity contribution is 0.223. The summed E-state index contributed by atoms with van der Waals surface area (Å²) in [7, 11) is 0. The quantitative estimate of drug-likeness (QED) is 0.922. The molecular weight excluding hydrogens is 252 g/mol. The molecule has 0 fully saturated rings. The Morgan fingerprint density at radius 2 is 2.30 bits per heavy atom. The molecule has 6 heteroatoms. The molecule has 108 valence electrons. The maximum Gasteiger partial charge on any atom is 0.0841 e. The van der Waals surface area contributed by atoms with E-state index in [0.29, 0.717) is 5.92 Å². The fourth-order valence-electron chi connectivity index (χ4n) is 3.01. The van der Waals surface area contributed by atoms with Gasteiger partial charge in [0.25, 0.3) is 0 Å². The van der Waals surface area contributed by atoms with E-state index in [1.54, 1.807) is 0 Å². The number of aryl methyl sites for hydroxylation is 2. The van der Waals surface area contributed by atoms with E-state index in [9.17, 15) is 0 Å². The van der Waals surface area contributed by atoms with E-state index in [4.69, 9.17) is 0 Å². The van der Waals surface area contributed by atoms with Crippen LogP contribution >= 0.6 is 0 Å². The van der Waals surface area contributed by atoms with Crippen molar-refractivity contribution in [1.29, 1.82) is 0 Å². The molecule has 0 radical (unpaired) electrons. The lowest BCUT2D eigenvalue weighted by Crippen LogP contribution is -2.28.